The van der Waals surface area contributed by atoms with E-state index in [1.165, 1.54) is 13.2 Å². The van der Waals surface area contributed by atoms with Crippen molar-refractivity contribution >= 4 is 22.5 Å². The molecular formula is C23H26F3N5O2. The van der Waals surface area contributed by atoms with Crippen LogP contribution in [0.1, 0.15) is 54.3 Å². The molecule has 1 aliphatic rings. The summed E-state index contributed by atoms with van der Waals surface area (Å²) < 4.78 is 46.2. The number of hydrogen-bond donors (Lipinski definition) is 2. The predicted octanol–water partition coefficient (Wildman–Crippen LogP) is 4.79. The molecule has 0 radical (unpaired) electrons. The molecule has 0 spiro atoms. The quantitative estimate of drug-likeness (QED) is 0.550. The van der Waals surface area contributed by atoms with Gasteiger partial charge in [0.05, 0.1) is 24.4 Å². The number of carbonyl (C=O) groups is 1. The highest BCUT2D eigenvalue weighted by Crippen LogP contribution is 2.36. The fourth-order valence-electron chi connectivity index (χ4n) is 4.36. The van der Waals surface area contributed by atoms with Crippen molar-refractivity contribution < 1.29 is 22.7 Å². The Bertz CT molecular complexity index is 1140. The maximum atomic E-state index is 12.9. The molecule has 7 nitrogen and oxygen atoms in total. The van der Waals surface area contributed by atoms with Crippen molar-refractivity contribution in [1.82, 2.24) is 14.8 Å². The van der Waals surface area contributed by atoms with Crippen LogP contribution >= 0.6 is 0 Å². The Balaban J connectivity index is 1.55. The third-order valence-electron chi connectivity index (χ3n) is 6.13. The molecule has 0 aliphatic heterocycles. The lowest BCUT2D eigenvalue weighted by Crippen LogP contribution is -2.20. The van der Waals surface area contributed by atoms with Gasteiger partial charge in [0.1, 0.15) is 17.1 Å². The predicted molar refractivity (Wildman–Crippen MR) is 118 cm³/mol. The molecule has 3 N–H and O–H groups in total. The summed E-state index contributed by atoms with van der Waals surface area (Å²) in [6.45, 7) is 0.714. The van der Waals surface area contributed by atoms with Gasteiger partial charge in [0, 0.05) is 17.6 Å². The van der Waals surface area contributed by atoms with E-state index < -0.39 is 17.8 Å². The van der Waals surface area contributed by atoms with E-state index in [1.807, 2.05) is 10.9 Å². The topological polar surface area (TPSA) is 95.1 Å². The smallest absolute Gasteiger partial charge is 0.433 e. The number of carbonyl (C=O) groups excluding carboxylic acids is 1. The number of aromatic nitrogens is 3. The first-order valence-electron chi connectivity index (χ1n) is 10.9. The van der Waals surface area contributed by atoms with Crippen LogP contribution in [0.25, 0.3) is 10.9 Å². The van der Waals surface area contributed by atoms with Gasteiger partial charge in [0.25, 0.3) is 5.91 Å². The fraction of sp³-hybridized carbons (Fsp3) is 0.435. The zero-order chi connectivity index (χ0) is 23.6. The minimum Gasteiger partial charge on any atom is -0.494 e. The first-order chi connectivity index (χ1) is 15.8. The Kier molecular flexibility index (Phi) is 6.55. The molecule has 2 aromatic heterocycles. The average molecular weight is 461 g/mol. The third kappa shape index (κ3) is 5.11. The molecule has 1 saturated carbocycles. The van der Waals surface area contributed by atoms with Crippen molar-refractivity contribution in [2.45, 2.75) is 44.3 Å². The van der Waals surface area contributed by atoms with Gasteiger partial charge in [0.2, 0.25) is 0 Å². The number of nitrogens with two attached hydrogens (primary N) is 1. The number of benzene rings is 1. The summed E-state index contributed by atoms with van der Waals surface area (Å²) in [6, 6.07) is 6.92. The SMILES string of the molecule is COc1cc2nn(C3CCC(CCN)CC3)cc2cc1NC(=O)c1cccc(C(F)(F)F)n1. The number of nitrogens with zero attached hydrogens (tertiary/aromatic N) is 3. The van der Waals surface area contributed by atoms with Crippen LogP contribution in [0, 0.1) is 5.92 Å². The molecule has 33 heavy (non-hydrogen) atoms. The molecule has 3 aromatic rings. The molecule has 2 heterocycles. The molecular weight excluding hydrogens is 435 g/mol. The lowest BCUT2D eigenvalue weighted by molar-refractivity contribution is -0.141. The lowest BCUT2D eigenvalue weighted by atomic mass is 9.84. The van der Waals surface area contributed by atoms with Gasteiger partial charge >= 0.3 is 6.18 Å². The van der Waals surface area contributed by atoms with Crippen LogP contribution < -0.4 is 15.8 Å². The van der Waals surface area contributed by atoms with Gasteiger partial charge in [-0.05, 0) is 62.8 Å². The number of rotatable bonds is 6. The summed E-state index contributed by atoms with van der Waals surface area (Å²) >= 11 is 0. The third-order valence-corrected chi connectivity index (χ3v) is 6.13. The van der Waals surface area contributed by atoms with Crippen LogP contribution in [0.2, 0.25) is 0 Å². The largest absolute Gasteiger partial charge is 0.494 e. The molecule has 1 aromatic carbocycles. The number of methoxy groups -OCH3 is 1. The summed E-state index contributed by atoms with van der Waals surface area (Å²) in [5.41, 5.74) is 5.27. The second-order valence-corrected chi connectivity index (χ2v) is 8.33. The summed E-state index contributed by atoms with van der Waals surface area (Å²) in [6.07, 6.45) is 2.64. The van der Waals surface area contributed by atoms with Crippen LogP contribution in [0.3, 0.4) is 0 Å². The van der Waals surface area contributed by atoms with Crippen molar-refractivity contribution in [3.63, 3.8) is 0 Å². The van der Waals surface area contributed by atoms with E-state index in [4.69, 9.17) is 15.6 Å². The van der Waals surface area contributed by atoms with Crippen LogP contribution in [-0.2, 0) is 6.18 Å². The number of pyridine rings is 1. The van der Waals surface area contributed by atoms with Crippen LogP contribution in [0.5, 0.6) is 5.75 Å². The standard InChI is InChI=1S/C23H26F3N5O2/c1-33-20-12-18-15(13-31(30-18)16-7-5-14(6-8-16)9-10-27)11-19(20)29-22(32)17-3-2-4-21(28-17)23(24,25)26/h2-4,11-14,16H,5-10,27H2,1H3,(H,29,32). The zero-order valence-electron chi connectivity index (χ0n) is 18.2. The number of fused-ring (bicyclic) bond motifs is 1. The Morgan fingerprint density at radius 1 is 1.24 bits per heavy atom. The number of halogens is 3. The number of anilines is 1. The van der Waals surface area contributed by atoms with E-state index in [0.717, 1.165) is 49.6 Å². The zero-order valence-corrected chi connectivity index (χ0v) is 18.2. The molecule has 0 unspecified atom stereocenters. The molecule has 4 rings (SSSR count). The number of nitrogens with one attached hydrogen (secondary N) is 1. The van der Waals surface area contributed by atoms with Crippen molar-refractivity contribution in [1.29, 1.82) is 0 Å². The van der Waals surface area contributed by atoms with Gasteiger partial charge in [-0.3, -0.25) is 9.48 Å². The van der Waals surface area contributed by atoms with Gasteiger partial charge in [-0.15, -0.1) is 0 Å². The number of amides is 1. The van der Waals surface area contributed by atoms with Gasteiger partial charge in [-0.25, -0.2) is 4.98 Å². The minimum absolute atomic E-state index is 0.296. The van der Waals surface area contributed by atoms with Crippen molar-refractivity contribution in [3.8, 4) is 5.75 Å². The van der Waals surface area contributed by atoms with E-state index in [9.17, 15) is 18.0 Å². The Labute approximate surface area is 189 Å². The molecule has 1 fully saturated rings. The molecule has 0 saturated heterocycles. The van der Waals surface area contributed by atoms with Crippen molar-refractivity contribution in [2.75, 3.05) is 19.0 Å². The monoisotopic (exact) mass is 461 g/mol. The maximum Gasteiger partial charge on any atom is 0.433 e. The maximum absolute atomic E-state index is 12.9. The number of alkyl halides is 3. The summed E-state index contributed by atoms with van der Waals surface area (Å²) in [7, 11) is 1.45. The van der Waals surface area contributed by atoms with E-state index in [-0.39, 0.29) is 5.69 Å². The van der Waals surface area contributed by atoms with Gasteiger partial charge in [0.15, 0.2) is 0 Å². The summed E-state index contributed by atoms with van der Waals surface area (Å²) in [4.78, 5) is 16.0. The molecule has 0 bridgehead atoms. The number of hydrogen-bond acceptors (Lipinski definition) is 5. The molecule has 0 atom stereocenters. The normalized spacial score (nSPS) is 18.9. The lowest BCUT2D eigenvalue weighted by Gasteiger charge is -2.28. The van der Waals surface area contributed by atoms with Gasteiger partial charge < -0.3 is 15.8 Å². The van der Waals surface area contributed by atoms with Crippen molar-refractivity contribution in [2.24, 2.45) is 11.7 Å². The van der Waals surface area contributed by atoms with Gasteiger partial charge in [-0.2, -0.15) is 18.3 Å². The van der Waals surface area contributed by atoms with Crippen molar-refractivity contribution in [3.05, 3.63) is 47.9 Å². The minimum atomic E-state index is -4.63. The highest BCUT2D eigenvalue weighted by atomic mass is 19.4. The van der Waals surface area contributed by atoms with Crippen LogP contribution in [0.15, 0.2) is 36.5 Å². The Morgan fingerprint density at radius 3 is 2.67 bits per heavy atom. The molecule has 1 amide bonds. The van der Waals surface area contributed by atoms with E-state index in [1.54, 1.807) is 12.1 Å². The number of ether oxygens (including phenoxy) is 1. The fourth-order valence-corrected chi connectivity index (χ4v) is 4.36. The summed E-state index contributed by atoms with van der Waals surface area (Å²) in [5, 5.41) is 8.11. The second-order valence-electron chi connectivity index (χ2n) is 8.33. The van der Waals surface area contributed by atoms with E-state index in [2.05, 4.69) is 10.3 Å². The first kappa shape index (κ1) is 23.0. The Morgan fingerprint density at radius 2 is 2.00 bits per heavy atom. The van der Waals surface area contributed by atoms with Gasteiger partial charge in [-0.1, -0.05) is 6.07 Å². The Hall–Kier alpha value is -3.14. The van der Waals surface area contributed by atoms with Crippen LogP contribution in [0.4, 0.5) is 18.9 Å². The molecule has 176 valence electrons. The van der Waals surface area contributed by atoms with E-state index in [0.29, 0.717) is 35.5 Å². The first-order valence-corrected chi connectivity index (χ1v) is 10.9. The average Bonchev–Trinajstić information content (AvgIpc) is 3.21. The molecule has 1 aliphatic carbocycles. The van der Waals surface area contributed by atoms with Crippen LogP contribution in [-0.4, -0.2) is 34.3 Å². The highest BCUT2D eigenvalue weighted by molar-refractivity contribution is 6.05. The summed E-state index contributed by atoms with van der Waals surface area (Å²) in [5.74, 6) is 0.270. The highest BCUT2D eigenvalue weighted by Gasteiger charge is 2.33. The second kappa shape index (κ2) is 9.38. The molecule has 10 heteroatoms. The van der Waals surface area contributed by atoms with E-state index >= 15 is 0 Å².